The minimum absolute atomic E-state index is 0.115. The van der Waals surface area contributed by atoms with Crippen LogP contribution < -0.4 is 14.8 Å². The zero-order chi connectivity index (χ0) is 17.9. The van der Waals surface area contributed by atoms with Crippen molar-refractivity contribution in [2.24, 2.45) is 0 Å². The SMILES string of the molecule is Cc1oc(-c2ccc3c(c2)OCO3)nc1CC(=O)NCc1ccncc1. The van der Waals surface area contributed by atoms with Crippen molar-refractivity contribution in [3.8, 4) is 23.0 Å². The molecule has 3 aromatic rings. The third-order valence-electron chi connectivity index (χ3n) is 4.08. The minimum atomic E-state index is -0.115. The molecule has 0 atom stereocenters. The third kappa shape index (κ3) is 3.37. The van der Waals surface area contributed by atoms with Crippen molar-refractivity contribution in [2.75, 3.05) is 6.79 Å². The number of oxazole rings is 1. The van der Waals surface area contributed by atoms with Crippen LogP contribution in [0.1, 0.15) is 17.0 Å². The van der Waals surface area contributed by atoms with Crippen LogP contribution in [-0.2, 0) is 17.8 Å². The molecule has 1 aliphatic heterocycles. The molecule has 1 aromatic carbocycles. The Morgan fingerprint density at radius 2 is 1.96 bits per heavy atom. The molecule has 4 rings (SSSR count). The first-order valence-electron chi connectivity index (χ1n) is 8.21. The molecule has 3 heterocycles. The van der Waals surface area contributed by atoms with Crippen LogP contribution in [0.4, 0.5) is 0 Å². The van der Waals surface area contributed by atoms with Gasteiger partial charge in [-0.05, 0) is 42.8 Å². The fourth-order valence-electron chi connectivity index (χ4n) is 2.66. The Labute approximate surface area is 150 Å². The van der Waals surface area contributed by atoms with Crippen LogP contribution in [0, 0.1) is 6.92 Å². The summed E-state index contributed by atoms with van der Waals surface area (Å²) in [5.41, 5.74) is 2.39. The monoisotopic (exact) mass is 351 g/mol. The highest BCUT2D eigenvalue weighted by Crippen LogP contribution is 2.36. The molecule has 1 aliphatic rings. The number of benzene rings is 1. The molecule has 0 spiro atoms. The van der Waals surface area contributed by atoms with E-state index in [1.54, 1.807) is 19.3 Å². The van der Waals surface area contributed by atoms with Crippen molar-refractivity contribution in [1.29, 1.82) is 0 Å². The molecule has 0 unspecified atom stereocenters. The molecule has 0 radical (unpaired) electrons. The normalized spacial score (nSPS) is 12.2. The van der Waals surface area contributed by atoms with Gasteiger partial charge in [-0.15, -0.1) is 0 Å². The Morgan fingerprint density at radius 1 is 1.15 bits per heavy atom. The van der Waals surface area contributed by atoms with Crippen molar-refractivity contribution in [3.63, 3.8) is 0 Å². The van der Waals surface area contributed by atoms with E-state index in [1.807, 2.05) is 30.3 Å². The third-order valence-corrected chi connectivity index (χ3v) is 4.08. The number of fused-ring (bicyclic) bond motifs is 1. The van der Waals surface area contributed by atoms with E-state index in [9.17, 15) is 4.79 Å². The van der Waals surface area contributed by atoms with Gasteiger partial charge in [0.15, 0.2) is 11.5 Å². The fraction of sp³-hybridized carbons (Fsp3) is 0.211. The molecule has 2 aromatic heterocycles. The highest BCUT2D eigenvalue weighted by molar-refractivity contribution is 5.78. The Bertz CT molecular complexity index is 937. The number of carbonyl (C=O) groups is 1. The van der Waals surface area contributed by atoms with Gasteiger partial charge in [0.25, 0.3) is 0 Å². The van der Waals surface area contributed by atoms with Crippen molar-refractivity contribution < 1.29 is 18.7 Å². The van der Waals surface area contributed by atoms with E-state index < -0.39 is 0 Å². The zero-order valence-electron chi connectivity index (χ0n) is 14.2. The van der Waals surface area contributed by atoms with Gasteiger partial charge in [0.2, 0.25) is 18.6 Å². The lowest BCUT2D eigenvalue weighted by Crippen LogP contribution is -2.24. The number of hydrogen-bond donors (Lipinski definition) is 1. The summed E-state index contributed by atoms with van der Waals surface area (Å²) in [4.78, 5) is 20.6. The van der Waals surface area contributed by atoms with E-state index in [0.717, 1.165) is 11.1 Å². The molecule has 0 fully saturated rings. The number of pyridine rings is 1. The molecule has 132 valence electrons. The molecule has 0 saturated carbocycles. The van der Waals surface area contributed by atoms with Gasteiger partial charge >= 0.3 is 0 Å². The van der Waals surface area contributed by atoms with E-state index in [2.05, 4.69) is 15.3 Å². The summed E-state index contributed by atoms with van der Waals surface area (Å²) >= 11 is 0. The van der Waals surface area contributed by atoms with Crippen molar-refractivity contribution >= 4 is 5.91 Å². The smallest absolute Gasteiger partial charge is 0.231 e. The summed E-state index contributed by atoms with van der Waals surface area (Å²) in [5, 5.41) is 2.87. The maximum Gasteiger partial charge on any atom is 0.231 e. The number of ether oxygens (including phenoxy) is 2. The second kappa shape index (κ2) is 6.87. The van der Waals surface area contributed by atoms with Crippen LogP contribution in [0.15, 0.2) is 47.1 Å². The number of rotatable bonds is 5. The Morgan fingerprint density at radius 3 is 2.81 bits per heavy atom. The van der Waals surface area contributed by atoms with Crippen LogP contribution in [-0.4, -0.2) is 22.7 Å². The predicted molar refractivity (Wildman–Crippen MR) is 92.6 cm³/mol. The second-order valence-electron chi connectivity index (χ2n) is 5.90. The largest absolute Gasteiger partial charge is 0.454 e. The van der Waals surface area contributed by atoms with E-state index >= 15 is 0 Å². The fourth-order valence-corrected chi connectivity index (χ4v) is 2.66. The van der Waals surface area contributed by atoms with Gasteiger partial charge < -0.3 is 19.2 Å². The first kappa shape index (κ1) is 16.1. The molecule has 7 nitrogen and oxygen atoms in total. The van der Waals surface area contributed by atoms with Crippen LogP contribution in [0.25, 0.3) is 11.5 Å². The first-order valence-corrected chi connectivity index (χ1v) is 8.21. The van der Waals surface area contributed by atoms with E-state index in [-0.39, 0.29) is 19.1 Å². The molecule has 0 aliphatic carbocycles. The molecule has 1 amide bonds. The highest BCUT2D eigenvalue weighted by atomic mass is 16.7. The number of hydrogen-bond acceptors (Lipinski definition) is 6. The molecule has 0 saturated heterocycles. The number of aryl methyl sites for hydroxylation is 1. The van der Waals surface area contributed by atoms with Gasteiger partial charge in [-0.1, -0.05) is 0 Å². The van der Waals surface area contributed by atoms with Gasteiger partial charge in [-0.25, -0.2) is 4.98 Å². The summed E-state index contributed by atoms with van der Waals surface area (Å²) in [6, 6.07) is 9.21. The Kier molecular flexibility index (Phi) is 4.27. The summed E-state index contributed by atoms with van der Waals surface area (Å²) in [6.07, 6.45) is 3.55. The first-order chi connectivity index (χ1) is 12.7. The lowest BCUT2D eigenvalue weighted by Gasteiger charge is -2.03. The molecular formula is C19H17N3O4. The number of aromatic nitrogens is 2. The summed E-state index contributed by atoms with van der Waals surface area (Å²) in [6.45, 7) is 2.47. The quantitative estimate of drug-likeness (QED) is 0.760. The van der Waals surface area contributed by atoms with Crippen molar-refractivity contribution in [2.45, 2.75) is 19.9 Å². The average molecular weight is 351 g/mol. The molecule has 0 bridgehead atoms. The number of nitrogens with zero attached hydrogens (tertiary/aromatic N) is 2. The Balaban J connectivity index is 1.44. The Hall–Kier alpha value is -3.35. The van der Waals surface area contributed by atoms with Crippen LogP contribution in [0.3, 0.4) is 0 Å². The van der Waals surface area contributed by atoms with Crippen molar-refractivity contribution in [1.82, 2.24) is 15.3 Å². The van der Waals surface area contributed by atoms with E-state index in [4.69, 9.17) is 13.9 Å². The van der Waals surface area contributed by atoms with Crippen LogP contribution in [0.2, 0.25) is 0 Å². The standard InChI is InChI=1S/C19H17N3O4/c1-12-15(9-18(23)21-10-13-4-6-20-7-5-13)22-19(26-12)14-2-3-16-17(8-14)25-11-24-16/h2-8H,9-11H2,1H3,(H,21,23). The topological polar surface area (TPSA) is 86.5 Å². The second-order valence-corrected chi connectivity index (χ2v) is 5.90. The lowest BCUT2D eigenvalue weighted by atomic mass is 10.2. The maximum absolute atomic E-state index is 12.2. The molecule has 1 N–H and O–H groups in total. The van der Waals surface area contributed by atoms with Crippen LogP contribution in [0.5, 0.6) is 11.5 Å². The summed E-state index contributed by atoms with van der Waals surface area (Å²) < 4.78 is 16.4. The molecule has 26 heavy (non-hydrogen) atoms. The van der Waals surface area contributed by atoms with Gasteiger partial charge in [0.1, 0.15) is 5.76 Å². The van der Waals surface area contributed by atoms with Gasteiger partial charge in [-0.2, -0.15) is 0 Å². The zero-order valence-corrected chi connectivity index (χ0v) is 14.2. The molecular weight excluding hydrogens is 334 g/mol. The minimum Gasteiger partial charge on any atom is -0.454 e. The van der Waals surface area contributed by atoms with Gasteiger partial charge in [0, 0.05) is 24.5 Å². The van der Waals surface area contributed by atoms with E-state index in [0.29, 0.717) is 35.4 Å². The molecule has 7 heteroatoms. The van der Waals surface area contributed by atoms with E-state index in [1.165, 1.54) is 0 Å². The van der Waals surface area contributed by atoms with Gasteiger partial charge in [-0.3, -0.25) is 9.78 Å². The summed E-state index contributed by atoms with van der Waals surface area (Å²) in [5.74, 6) is 2.33. The number of amides is 1. The maximum atomic E-state index is 12.2. The average Bonchev–Trinajstić information content (AvgIpc) is 3.27. The van der Waals surface area contributed by atoms with Crippen LogP contribution >= 0.6 is 0 Å². The highest BCUT2D eigenvalue weighted by Gasteiger charge is 2.18. The predicted octanol–water partition coefficient (Wildman–Crippen LogP) is 2.63. The summed E-state index contributed by atoms with van der Waals surface area (Å²) in [7, 11) is 0. The number of carbonyl (C=O) groups excluding carboxylic acids is 1. The van der Waals surface area contributed by atoms with Gasteiger partial charge in [0.05, 0.1) is 12.1 Å². The number of nitrogens with one attached hydrogen (secondary N) is 1. The van der Waals surface area contributed by atoms with Crippen molar-refractivity contribution in [3.05, 3.63) is 59.7 Å². The lowest BCUT2D eigenvalue weighted by molar-refractivity contribution is -0.120.